The number of nitrogens with two attached hydrogens (primary N) is 1. The maximum Gasteiger partial charge on any atom is 0.253 e. The van der Waals surface area contributed by atoms with E-state index in [1.54, 1.807) is 0 Å². The number of carbonyl (C=O) groups excluding carboxylic acids is 1. The first-order valence-electron chi connectivity index (χ1n) is 9.02. The van der Waals surface area contributed by atoms with Gasteiger partial charge in [-0.15, -0.1) is 11.8 Å². The number of hydrogen-bond acceptors (Lipinski definition) is 3. The third kappa shape index (κ3) is 3.60. The Morgan fingerprint density at radius 3 is 2.52 bits per heavy atom. The summed E-state index contributed by atoms with van der Waals surface area (Å²) in [6, 6.07) is 18.8. The van der Waals surface area contributed by atoms with Gasteiger partial charge < -0.3 is 10.6 Å². The van der Waals surface area contributed by atoms with Crippen LogP contribution in [-0.2, 0) is 5.75 Å². The van der Waals surface area contributed by atoms with Crippen LogP contribution in [0.1, 0.15) is 28.8 Å². The Hall–Kier alpha value is -1.78. The van der Waals surface area contributed by atoms with Gasteiger partial charge >= 0.3 is 0 Å². The number of carbonyl (C=O) groups is 1. The summed E-state index contributed by atoms with van der Waals surface area (Å²) >= 11 is 1.82. The second-order valence-corrected chi connectivity index (χ2v) is 8.22. The number of nitrogens with zero attached hydrogens (tertiary/aromatic N) is 1. The summed E-state index contributed by atoms with van der Waals surface area (Å²) in [6.07, 6.45) is 2.29. The summed E-state index contributed by atoms with van der Waals surface area (Å²) in [5, 5.41) is 0. The number of fused-ring (bicyclic) bond motifs is 1. The summed E-state index contributed by atoms with van der Waals surface area (Å²) in [6.45, 7) is 1.71. The average molecular weight is 353 g/mol. The molecule has 1 amide bonds. The van der Waals surface area contributed by atoms with Gasteiger partial charge in [0.2, 0.25) is 0 Å². The highest BCUT2D eigenvalue weighted by molar-refractivity contribution is 7.98. The number of rotatable bonds is 4. The molecule has 1 heterocycles. The molecule has 0 aromatic heterocycles. The van der Waals surface area contributed by atoms with Gasteiger partial charge in [-0.25, -0.2) is 0 Å². The van der Waals surface area contributed by atoms with Gasteiger partial charge in [0, 0.05) is 35.3 Å². The van der Waals surface area contributed by atoms with Gasteiger partial charge in [-0.05, 0) is 54.5 Å². The lowest BCUT2D eigenvalue weighted by Gasteiger charge is -2.19. The van der Waals surface area contributed by atoms with Crippen molar-refractivity contribution in [3.05, 3.63) is 65.7 Å². The zero-order valence-corrected chi connectivity index (χ0v) is 15.1. The fourth-order valence-electron chi connectivity index (χ4n) is 4.08. The monoisotopic (exact) mass is 352 g/mol. The Labute approximate surface area is 153 Å². The van der Waals surface area contributed by atoms with Crippen molar-refractivity contribution in [3.8, 4) is 0 Å². The van der Waals surface area contributed by atoms with Gasteiger partial charge in [0.05, 0.1) is 0 Å². The maximum atomic E-state index is 12.8. The number of thioether (sulfide) groups is 1. The molecule has 130 valence electrons. The minimum atomic E-state index is 0.156. The zero-order valence-electron chi connectivity index (χ0n) is 14.3. The SMILES string of the molecule is NC1CCC2CN(C(=O)c3ccc(CSc4ccccc4)cc3)CC12. The standard InChI is InChI=1S/C21H24N2OS/c22-20-11-10-17-12-23(13-19(17)20)21(24)16-8-6-15(7-9-16)14-25-18-4-2-1-3-5-18/h1-9,17,19-20H,10-14,22H2. The van der Waals surface area contributed by atoms with Crippen molar-refractivity contribution < 1.29 is 4.79 Å². The van der Waals surface area contributed by atoms with Crippen LogP contribution in [0.2, 0.25) is 0 Å². The molecule has 3 atom stereocenters. The van der Waals surface area contributed by atoms with Crippen LogP contribution >= 0.6 is 11.8 Å². The molecule has 0 bridgehead atoms. The molecule has 2 N–H and O–H groups in total. The predicted molar refractivity (Wildman–Crippen MR) is 103 cm³/mol. The summed E-state index contributed by atoms with van der Waals surface area (Å²) < 4.78 is 0. The molecule has 25 heavy (non-hydrogen) atoms. The molecule has 3 nitrogen and oxygen atoms in total. The second-order valence-electron chi connectivity index (χ2n) is 7.17. The van der Waals surface area contributed by atoms with E-state index < -0.39 is 0 Å². The molecule has 2 aliphatic rings. The summed E-state index contributed by atoms with van der Waals surface area (Å²) in [4.78, 5) is 16.0. The van der Waals surface area contributed by atoms with Crippen molar-refractivity contribution in [1.29, 1.82) is 0 Å². The average Bonchev–Trinajstić information content (AvgIpc) is 3.23. The number of hydrogen-bond donors (Lipinski definition) is 1. The molecule has 2 fully saturated rings. The molecule has 1 saturated heterocycles. The first kappa shape index (κ1) is 16.7. The van der Waals surface area contributed by atoms with Crippen LogP contribution in [0.25, 0.3) is 0 Å². The van der Waals surface area contributed by atoms with Crippen LogP contribution in [0.3, 0.4) is 0 Å². The van der Waals surface area contributed by atoms with Crippen molar-refractivity contribution in [2.24, 2.45) is 17.6 Å². The highest BCUT2D eigenvalue weighted by atomic mass is 32.2. The zero-order chi connectivity index (χ0) is 17.2. The second kappa shape index (κ2) is 7.22. The first-order valence-corrected chi connectivity index (χ1v) is 10.0. The van der Waals surface area contributed by atoms with Gasteiger partial charge in [-0.1, -0.05) is 30.3 Å². The van der Waals surface area contributed by atoms with Crippen LogP contribution in [0, 0.1) is 11.8 Å². The van der Waals surface area contributed by atoms with E-state index in [9.17, 15) is 4.79 Å². The summed E-state index contributed by atoms with van der Waals surface area (Å²) in [5.41, 5.74) is 8.22. The Balaban J connectivity index is 1.36. The lowest BCUT2D eigenvalue weighted by atomic mass is 9.98. The summed E-state index contributed by atoms with van der Waals surface area (Å²) in [5.74, 6) is 2.19. The van der Waals surface area contributed by atoms with Crippen molar-refractivity contribution in [1.82, 2.24) is 4.90 Å². The molecular formula is C21H24N2OS. The molecule has 0 radical (unpaired) electrons. The molecule has 0 spiro atoms. The van der Waals surface area contributed by atoms with E-state index in [0.29, 0.717) is 11.8 Å². The molecule has 1 aliphatic heterocycles. The maximum absolute atomic E-state index is 12.8. The Kier molecular flexibility index (Phi) is 4.82. The summed E-state index contributed by atoms with van der Waals surface area (Å²) in [7, 11) is 0. The molecule has 1 saturated carbocycles. The highest BCUT2D eigenvalue weighted by Gasteiger charge is 2.42. The third-order valence-electron chi connectivity index (χ3n) is 5.55. The fraction of sp³-hybridized carbons (Fsp3) is 0.381. The molecule has 2 aromatic carbocycles. The number of likely N-dealkylation sites (tertiary alicyclic amines) is 1. The molecule has 4 heteroatoms. The van der Waals surface area contributed by atoms with E-state index >= 15 is 0 Å². The molecule has 4 rings (SSSR count). The Morgan fingerprint density at radius 1 is 1.04 bits per heavy atom. The van der Waals surface area contributed by atoms with Crippen LogP contribution < -0.4 is 5.73 Å². The molecular weight excluding hydrogens is 328 g/mol. The molecule has 3 unspecified atom stereocenters. The minimum Gasteiger partial charge on any atom is -0.338 e. The first-order chi connectivity index (χ1) is 12.2. The Bertz CT molecular complexity index is 731. The molecule has 1 aliphatic carbocycles. The topological polar surface area (TPSA) is 46.3 Å². The Morgan fingerprint density at radius 2 is 1.80 bits per heavy atom. The van der Waals surface area contributed by atoms with Crippen molar-refractivity contribution in [3.63, 3.8) is 0 Å². The predicted octanol–water partition coefficient (Wildman–Crippen LogP) is 3.79. The van der Waals surface area contributed by atoms with Crippen LogP contribution in [0.4, 0.5) is 0 Å². The van der Waals surface area contributed by atoms with E-state index in [0.717, 1.165) is 30.8 Å². The van der Waals surface area contributed by atoms with Gasteiger partial charge in [-0.3, -0.25) is 4.79 Å². The van der Waals surface area contributed by atoms with Crippen molar-refractivity contribution >= 4 is 17.7 Å². The fourth-order valence-corrected chi connectivity index (χ4v) is 4.96. The van der Waals surface area contributed by atoms with Crippen molar-refractivity contribution in [2.75, 3.05) is 13.1 Å². The van der Waals surface area contributed by atoms with Crippen molar-refractivity contribution in [2.45, 2.75) is 29.5 Å². The number of benzene rings is 2. The minimum absolute atomic E-state index is 0.156. The van der Waals surface area contributed by atoms with Gasteiger partial charge in [-0.2, -0.15) is 0 Å². The van der Waals surface area contributed by atoms with E-state index in [1.807, 2.05) is 34.9 Å². The van der Waals surface area contributed by atoms with Gasteiger partial charge in [0.25, 0.3) is 5.91 Å². The third-order valence-corrected chi connectivity index (χ3v) is 6.63. The van der Waals surface area contributed by atoms with Crippen LogP contribution in [0.5, 0.6) is 0 Å². The number of amides is 1. The smallest absolute Gasteiger partial charge is 0.253 e. The van der Waals surface area contributed by atoms with E-state index in [2.05, 4.69) is 36.4 Å². The van der Waals surface area contributed by atoms with E-state index in [-0.39, 0.29) is 11.9 Å². The largest absolute Gasteiger partial charge is 0.338 e. The van der Waals surface area contributed by atoms with E-state index in [4.69, 9.17) is 5.73 Å². The normalized spacial score (nSPS) is 25.2. The quantitative estimate of drug-likeness (QED) is 0.852. The van der Waals surface area contributed by atoms with Crippen LogP contribution in [0.15, 0.2) is 59.5 Å². The highest BCUT2D eigenvalue weighted by Crippen LogP contribution is 2.37. The van der Waals surface area contributed by atoms with E-state index in [1.165, 1.54) is 16.9 Å². The van der Waals surface area contributed by atoms with Gasteiger partial charge in [0.1, 0.15) is 0 Å². The lowest BCUT2D eigenvalue weighted by Crippen LogP contribution is -2.33. The van der Waals surface area contributed by atoms with Gasteiger partial charge in [0.15, 0.2) is 0 Å². The molecule has 2 aromatic rings. The lowest BCUT2D eigenvalue weighted by molar-refractivity contribution is 0.0779. The van der Waals surface area contributed by atoms with Crippen LogP contribution in [-0.4, -0.2) is 29.9 Å².